The molecule has 0 saturated heterocycles. The molecule has 1 aliphatic rings. The van der Waals surface area contributed by atoms with Gasteiger partial charge in [0.1, 0.15) is 11.4 Å². The topological polar surface area (TPSA) is 9.23 Å². The van der Waals surface area contributed by atoms with Crippen molar-refractivity contribution < 1.29 is 4.74 Å². The first kappa shape index (κ1) is 10.9. The number of benzene rings is 2. The Bertz CT molecular complexity index is 574. The van der Waals surface area contributed by atoms with Crippen LogP contribution in [-0.2, 0) is 0 Å². The average molecular weight is 247 g/mol. The molecule has 0 aromatic heterocycles. The zero-order valence-electron chi connectivity index (χ0n) is 10.0. The van der Waals surface area contributed by atoms with Gasteiger partial charge in [-0.05, 0) is 30.7 Å². The van der Waals surface area contributed by atoms with Crippen LogP contribution in [0.3, 0.4) is 0 Å². The predicted octanol–water partition coefficient (Wildman–Crippen LogP) is 4.68. The summed E-state index contributed by atoms with van der Waals surface area (Å²) in [7, 11) is 0. The molecule has 0 fully saturated rings. The van der Waals surface area contributed by atoms with Gasteiger partial charge in [0.25, 0.3) is 0 Å². The van der Waals surface area contributed by atoms with E-state index in [1.54, 1.807) is 0 Å². The summed E-state index contributed by atoms with van der Waals surface area (Å²) in [4.78, 5) is 0. The minimum Gasteiger partial charge on any atom is -0.487 e. The number of halogens is 1. The molecule has 17 heavy (non-hydrogen) atoms. The smallest absolute Gasteiger partial charge is 0.125 e. The van der Waals surface area contributed by atoms with Crippen LogP contribution in [0.15, 0.2) is 36.4 Å². The average Bonchev–Trinajstić information content (AvgIpc) is 2.26. The third-order valence-electron chi connectivity index (χ3n) is 3.30. The number of ether oxygens (including phenoxy) is 1. The summed E-state index contributed by atoms with van der Waals surface area (Å²) in [5.41, 5.74) is 0.964. The highest BCUT2D eigenvalue weighted by molar-refractivity contribution is 6.22. The largest absolute Gasteiger partial charge is 0.487 e. The van der Waals surface area contributed by atoms with Crippen molar-refractivity contribution in [2.24, 2.45) is 0 Å². The zero-order chi connectivity index (χ0) is 12.0. The van der Waals surface area contributed by atoms with Gasteiger partial charge < -0.3 is 4.74 Å². The Hall–Kier alpha value is -1.21. The van der Waals surface area contributed by atoms with Crippen molar-refractivity contribution in [1.29, 1.82) is 0 Å². The molecule has 0 aliphatic carbocycles. The van der Waals surface area contributed by atoms with Gasteiger partial charge in [-0.2, -0.15) is 0 Å². The lowest BCUT2D eigenvalue weighted by Crippen LogP contribution is -2.33. The zero-order valence-corrected chi connectivity index (χ0v) is 10.8. The van der Waals surface area contributed by atoms with Crippen LogP contribution in [0.25, 0.3) is 10.8 Å². The molecule has 0 saturated carbocycles. The molecule has 0 spiro atoms. The Kier molecular flexibility index (Phi) is 2.34. The summed E-state index contributed by atoms with van der Waals surface area (Å²) in [5, 5.41) is 2.46. The van der Waals surface area contributed by atoms with Crippen LogP contribution in [-0.4, -0.2) is 5.60 Å². The number of hydrogen-bond acceptors (Lipinski definition) is 1. The van der Waals surface area contributed by atoms with Gasteiger partial charge in [-0.15, -0.1) is 11.6 Å². The number of rotatable bonds is 0. The molecular weight excluding hydrogens is 232 g/mol. The molecule has 2 aromatic rings. The van der Waals surface area contributed by atoms with E-state index in [2.05, 4.69) is 32.0 Å². The second-order valence-corrected chi connectivity index (χ2v) is 5.76. The molecule has 3 rings (SSSR count). The second-order valence-electron chi connectivity index (χ2n) is 5.23. The summed E-state index contributed by atoms with van der Waals surface area (Å²) in [6, 6.07) is 12.5. The number of fused-ring (bicyclic) bond motifs is 3. The van der Waals surface area contributed by atoms with Crippen LogP contribution in [0.5, 0.6) is 5.75 Å². The van der Waals surface area contributed by atoms with E-state index in [4.69, 9.17) is 16.3 Å². The molecular formula is C15H15ClO. The maximum atomic E-state index is 6.53. The molecule has 88 valence electrons. The first-order chi connectivity index (χ1) is 8.07. The first-order valence-electron chi connectivity index (χ1n) is 5.91. The summed E-state index contributed by atoms with van der Waals surface area (Å²) in [6.07, 6.45) is 0.843. The molecule has 2 aromatic carbocycles. The minimum atomic E-state index is -0.179. The van der Waals surface area contributed by atoms with E-state index < -0.39 is 0 Å². The van der Waals surface area contributed by atoms with Crippen molar-refractivity contribution in [1.82, 2.24) is 0 Å². The van der Waals surface area contributed by atoms with E-state index >= 15 is 0 Å². The molecule has 1 heterocycles. The monoisotopic (exact) mass is 246 g/mol. The fourth-order valence-electron chi connectivity index (χ4n) is 2.56. The van der Waals surface area contributed by atoms with Crippen molar-refractivity contribution in [2.45, 2.75) is 31.2 Å². The number of hydrogen-bond donors (Lipinski definition) is 0. The quantitative estimate of drug-likeness (QED) is 0.614. The van der Waals surface area contributed by atoms with E-state index in [0.717, 1.165) is 17.7 Å². The van der Waals surface area contributed by atoms with Gasteiger partial charge in [0.05, 0.1) is 5.38 Å². The second kappa shape index (κ2) is 3.64. The van der Waals surface area contributed by atoms with Crippen LogP contribution >= 0.6 is 11.6 Å². The summed E-state index contributed by atoms with van der Waals surface area (Å²) in [5.74, 6) is 0.931. The molecule has 2 heteroatoms. The van der Waals surface area contributed by atoms with Crippen LogP contribution in [0.4, 0.5) is 0 Å². The molecule has 1 nitrogen and oxygen atoms in total. The maximum absolute atomic E-state index is 6.53. The van der Waals surface area contributed by atoms with Gasteiger partial charge in [0.15, 0.2) is 0 Å². The lowest BCUT2D eigenvalue weighted by atomic mass is 9.90. The summed E-state index contributed by atoms with van der Waals surface area (Å²) < 4.78 is 6.01. The van der Waals surface area contributed by atoms with E-state index in [-0.39, 0.29) is 11.0 Å². The van der Waals surface area contributed by atoms with E-state index in [1.165, 1.54) is 10.8 Å². The standard InChI is InChI=1S/C15H15ClO/c1-15(2)9-12(16)14-11-6-4-3-5-10(11)7-8-13(14)17-15/h3-8,12H,9H2,1-2H3. The van der Waals surface area contributed by atoms with Gasteiger partial charge in [-0.25, -0.2) is 0 Å². The van der Waals surface area contributed by atoms with E-state index in [9.17, 15) is 0 Å². The van der Waals surface area contributed by atoms with Crippen molar-refractivity contribution in [3.63, 3.8) is 0 Å². The number of alkyl halides is 1. The van der Waals surface area contributed by atoms with Gasteiger partial charge in [-0.1, -0.05) is 30.3 Å². The Morgan fingerprint density at radius 2 is 1.94 bits per heavy atom. The molecule has 0 radical (unpaired) electrons. The molecule has 1 atom stereocenters. The Balaban J connectivity index is 2.27. The van der Waals surface area contributed by atoms with Gasteiger partial charge in [-0.3, -0.25) is 0 Å². The SMILES string of the molecule is CC1(C)CC(Cl)c2c(ccc3ccccc23)O1. The molecule has 1 unspecified atom stereocenters. The lowest BCUT2D eigenvalue weighted by molar-refractivity contribution is 0.0832. The maximum Gasteiger partial charge on any atom is 0.125 e. The van der Waals surface area contributed by atoms with E-state index in [0.29, 0.717) is 0 Å². The molecule has 0 amide bonds. The highest BCUT2D eigenvalue weighted by Crippen LogP contribution is 2.46. The fraction of sp³-hybridized carbons (Fsp3) is 0.333. The Morgan fingerprint density at radius 3 is 2.76 bits per heavy atom. The highest BCUT2D eigenvalue weighted by Gasteiger charge is 2.33. The lowest BCUT2D eigenvalue weighted by Gasteiger charge is -2.35. The fourth-order valence-corrected chi connectivity index (χ4v) is 3.16. The van der Waals surface area contributed by atoms with Crippen LogP contribution in [0.1, 0.15) is 31.2 Å². The van der Waals surface area contributed by atoms with Crippen LogP contribution in [0, 0.1) is 0 Å². The van der Waals surface area contributed by atoms with Crippen LogP contribution < -0.4 is 4.74 Å². The third kappa shape index (κ3) is 1.79. The Morgan fingerprint density at radius 1 is 1.18 bits per heavy atom. The van der Waals surface area contributed by atoms with Crippen molar-refractivity contribution in [3.05, 3.63) is 42.0 Å². The molecule has 1 aliphatic heterocycles. The predicted molar refractivity (Wildman–Crippen MR) is 71.9 cm³/mol. The molecule has 0 bridgehead atoms. The van der Waals surface area contributed by atoms with Gasteiger partial charge in [0, 0.05) is 12.0 Å². The highest BCUT2D eigenvalue weighted by atomic mass is 35.5. The summed E-state index contributed by atoms with van der Waals surface area (Å²) in [6.45, 7) is 4.17. The Labute approximate surface area is 106 Å². The third-order valence-corrected chi connectivity index (χ3v) is 3.67. The van der Waals surface area contributed by atoms with Gasteiger partial charge in [0.2, 0.25) is 0 Å². The van der Waals surface area contributed by atoms with Crippen molar-refractivity contribution in [2.75, 3.05) is 0 Å². The van der Waals surface area contributed by atoms with E-state index in [1.807, 2.05) is 18.2 Å². The van der Waals surface area contributed by atoms with Crippen molar-refractivity contribution in [3.8, 4) is 5.75 Å². The molecule has 0 N–H and O–H groups in total. The normalized spacial score (nSPS) is 21.9. The van der Waals surface area contributed by atoms with Crippen molar-refractivity contribution >= 4 is 22.4 Å². The summed E-state index contributed by atoms with van der Waals surface area (Å²) >= 11 is 6.53. The van der Waals surface area contributed by atoms with Crippen LogP contribution in [0.2, 0.25) is 0 Å². The minimum absolute atomic E-state index is 0.0276. The van der Waals surface area contributed by atoms with Gasteiger partial charge >= 0.3 is 0 Å². The first-order valence-corrected chi connectivity index (χ1v) is 6.35.